The van der Waals surface area contributed by atoms with Crippen LogP contribution in [-0.4, -0.2) is 46.6 Å². The van der Waals surface area contributed by atoms with Crippen LogP contribution in [0.3, 0.4) is 0 Å². The Balaban J connectivity index is 1.54. The lowest BCUT2D eigenvalue weighted by atomic mass is 9.87. The molecule has 2 N–H and O–H groups in total. The Labute approximate surface area is 172 Å². The minimum absolute atomic E-state index is 0.107. The van der Waals surface area contributed by atoms with Crippen molar-refractivity contribution >= 4 is 22.2 Å². The van der Waals surface area contributed by atoms with Gasteiger partial charge in [-0.2, -0.15) is 4.80 Å². The summed E-state index contributed by atoms with van der Waals surface area (Å²) in [6.07, 6.45) is 0. The first kappa shape index (κ1) is 19.7. The zero-order valence-corrected chi connectivity index (χ0v) is 17.6. The van der Waals surface area contributed by atoms with Crippen molar-refractivity contribution in [3.63, 3.8) is 0 Å². The first-order chi connectivity index (χ1) is 13.7. The summed E-state index contributed by atoms with van der Waals surface area (Å²) in [5.74, 6) is 0.988. The fourth-order valence-corrected chi connectivity index (χ4v) is 4.62. The predicted octanol–water partition coefficient (Wildman–Crippen LogP) is 2.87. The standard InChI is InChI=1S/C21H25N5O2S/c1-20(2,3)15-8-10-16(11-9-15)22-18-7-5-4-6-17(18)19-23-25-26(24-19)12-21(27)13-29(28)14-21/h4-11,22,27H,12-14H2,1-3H3. The maximum Gasteiger partial charge on any atom is 0.207 e. The van der Waals surface area contributed by atoms with Crippen molar-refractivity contribution in [2.24, 2.45) is 0 Å². The molecule has 0 saturated carbocycles. The lowest BCUT2D eigenvalue weighted by Crippen LogP contribution is -2.54. The summed E-state index contributed by atoms with van der Waals surface area (Å²) in [6, 6.07) is 16.2. The molecular formula is C21H25N5O2S. The molecule has 0 amide bonds. The molecular weight excluding hydrogens is 386 g/mol. The Kier molecular flexibility index (Phi) is 5.00. The quantitative estimate of drug-likeness (QED) is 0.671. The van der Waals surface area contributed by atoms with E-state index in [1.54, 1.807) is 0 Å². The number of nitrogens with one attached hydrogen (secondary N) is 1. The van der Waals surface area contributed by atoms with E-state index in [4.69, 9.17) is 0 Å². The van der Waals surface area contributed by atoms with Crippen LogP contribution in [0.1, 0.15) is 26.3 Å². The van der Waals surface area contributed by atoms with Crippen LogP contribution in [0, 0.1) is 0 Å². The van der Waals surface area contributed by atoms with Crippen LogP contribution < -0.4 is 5.32 Å². The topological polar surface area (TPSA) is 92.9 Å². The molecule has 1 aliphatic rings. The van der Waals surface area contributed by atoms with E-state index in [0.717, 1.165) is 16.9 Å². The number of benzene rings is 2. The lowest BCUT2D eigenvalue weighted by Gasteiger charge is -2.34. The van der Waals surface area contributed by atoms with Gasteiger partial charge in [0.05, 0.1) is 18.1 Å². The van der Waals surface area contributed by atoms with E-state index in [2.05, 4.69) is 65.8 Å². The molecule has 0 spiro atoms. The first-order valence-electron chi connectivity index (χ1n) is 9.54. The van der Waals surface area contributed by atoms with Crippen molar-refractivity contribution in [2.45, 2.75) is 38.3 Å². The van der Waals surface area contributed by atoms with Crippen LogP contribution in [0.2, 0.25) is 0 Å². The second kappa shape index (κ2) is 7.35. The fraction of sp³-hybridized carbons (Fsp3) is 0.381. The van der Waals surface area contributed by atoms with Crippen molar-refractivity contribution in [1.29, 1.82) is 0 Å². The second-order valence-corrected chi connectivity index (χ2v) is 10.1. The number of anilines is 2. The predicted molar refractivity (Wildman–Crippen MR) is 115 cm³/mol. The maximum absolute atomic E-state index is 11.3. The highest BCUT2D eigenvalue weighted by atomic mass is 32.2. The number of nitrogens with zero attached hydrogens (tertiary/aromatic N) is 4. The molecule has 0 radical (unpaired) electrons. The highest BCUT2D eigenvalue weighted by molar-refractivity contribution is 7.86. The van der Waals surface area contributed by atoms with Crippen molar-refractivity contribution < 1.29 is 9.32 Å². The highest BCUT2D eigenvalue weighted by Crippen LogP contribution is 2.29. The van der Waals surface area contributed by atoms with Gasteiger partial charge < -0.3 is 10.4 Å². The average Bonchev–Trinajstić information content (AvgIpc) is 3.08. The SMILES string of the molecule is CC(C)(C)c1ccc(Nc2ccccc2-c2nnn(CC3(O)CS(=O)C3)n2)cc1. The molecule has 1 fully saturated rings. The minimum atomic E-state index is -1.00. The number of rotatable bonds is 5. The largest absolute Gasteiger partial charge is 0.386 e. The van der Waals surface area contributed by atoms with Crippen molar-refractivity contribution in [3.05, 3.63) is 54.1 Å². The molecule has 4 rings (SSSR count). The molecule has 2 aromatic carbocycles. The molecule has 152 valence electrons. The van der Waals surface area contributed by atoms with Crippen molar-refractivity contribution in [1.82, 2.24) is 20.2 Å². The summed E-state index contributed by atoms with van der Waals surface area (Å²) in [5.41, 5.74) is 3.05. The molecule has 0 aliphatic carbocycles. The molecule has 1 aromatic heterocycles. The van der Waals surface area contributed by atoms with Crippen molar-refractivity contribution in [3.8, 4) is 11.4 Å². The van der Waals surface area contributed by atoms with E-state index in [-0.39, 0.29) is 23.5 Å². The van der Waals surface area contributed by atoms with Gasteiger partial charge in [-0.3, -0.25) is 4.21 Å². The summed E-state index contributed by atoms with van der Waals surface area (Å²) in [6.45, 7) is 6.77. The second-order valence-electron chi connectivity index (χ2n) is 8.59. The molecule has 3 aromatic rings. The molecule has 2 heterocycles. The third-order valence-corrected chi connectivity index (χ3v) is 6.66. The molecule has 1 saturated heterocycles. The van der Waals surface area contributed by atoms with E-state index in [9.17, 15) is 9.32 Å². The lowest BCUT2D eigenvalue weighted by molar-refractivity contribution is 0.0478. The molecule has 0 unspecified atom stereocenters. The normalized spacial score (nSPS) is 21.6. The average molecular weight is 412 g/mol. The van der Waals surface area contributed by atoms with Gasteiger partial charge in [0.25, 0.3) is 0 Å². The number of hydrogen-bond donors (Lipinski definition) is 2. The molecule has 0 bridgehead atoms. The van der Waals surface area contributed by atoms with E-state index in [0.29, 0.717) is 5.82 Å². The summed E-state index contributed by atoms with van der Waals surface area (Å²) in [7, 11) is -0.947. The number of aliphatic hydroxyl groups is 1. The fourth-order valence-electron chi connectivity index (χ4n) is 3.33. The van der Waals surface area contributed by atoms with Gasteiger partial charge in [0.2, 0.25) is 5.82 Å². The molecule has 8 heteroatoms. The third kappa shape index (κ3) is 4.38. The number of hydrogen-bond acceptors (Lipinski definition) is 6. The Morgan fingerprint density at radius 1 is 1.14 bits per heavy atom. The molecule has 7 nitrogen and oxygen atoms in total. The number of aromatic nitrogens is 4. The minimum Gasteiger partial charge on any atom is -0.386 e. The van der Waals surface area contributed by atoms with Gasteiger partial charge >= 0.3 is 0 Å². The monoisotopic (exact) mass is 411 g/mol. The first-order valence-corrected chi connectivity index (χ1v) is 11.0. The molecule has 0 atom stereocenters. The Bertz CT molecular complexity index is 1030. The van der Waals surface area contributed by atoms with Gasteiger partial charge in [-0.1, -0.05) is 45.0 Å². The van der Waals surface area contributed by atoms with Gasteiger partial charge in [0, 0.05) is 27.7 Å². The number of para-hydroxylation sites is 1. The Hall–Kier alpha value is -2.58. The number of tetrazole rings is 1. The van der Waals surface area contributed by atoms with Gasteiger partial charge in [0.15, 0.2) is 0 Å². The third-order valence-electron chi connectivity index (χ3n) is 4.95. The van der Waals surface area contributed by atoms with Gasteiger partial charge in [-0.15, -0.1) is 10.2 Å². The van der Waals surface area contributed by atoms with E-state index in [1.165, 1.54) is 10.4 Å². The van der Waals surface area contributed by atoms with Gasteiger partial charge in [-0.25, -0.2) is 0 Å². The Morgan fingerprint density at radius 2 is 1.83 bits per heavy atom. The van der Waals surface area contributed by atoms with E-state index < -0.39 is 16.4 Å². The van der Waals surface area contributed by atoms with Crippen LogP contribution in [0.25, 0.3) is 11.4 Å². The van der Waals surface area contributed by atoms with Crippen LogP contribution in [0.4, 0.5) is 11.4 Å². The maximum atomic E-state index is 11.3. The van der Waals surface area contributed by atoms with Crippen LogP contribution >= 0.6 is 0 Å². The smallest absolute Gasteiger partial charge is 0.207 e. The van der Waals surface area contributed by atoms with E-state index >= 15 is 0 Å². The Morgan fingerprint density at radius 3 is 2.48 bits per heavy atom. The molecule has 29 heavy (non-hydrogen) atoms. The van der Waals surface area contributed by atoms with Crippen LogP contribution in [0.5, 0.6) is 0 Å². The summed E-state index contributed by atoms with van der Waals surface area (Å²) >= 11 is 0. The van der Waals surface area contributed by atoms with Crippen molar-refractivity contribution in [2.75, 3.05) is 16.8 Å². The summed E-state index contributed by atoms with van der Waals surface area (Å²) < 4.78 is 11.3. The summed E-state index contributed by atoms with van der Waals surface area (Å²) in [5, 5.41) is 26.4. The van der Waals surface area contributed by atoms with Crippen LogP contribution in [-0.2, 0) is 22.8 Å². The van der Waals surface area contributed by atoms with E-state index in [1.807, 2.05) is 24.3 Å². The zero-order valence-electron chi connectivity index (χ0n) is 16.8. The summed E-state index contributed by atoms with van der Waals surface area (Å²) in [4.78, 5) is 1.38. The molecule has 1 aliphatic heterocycles. The van der Waals surface area contributed by atoms with Crippen LogP contribution in [0.15, 0.2) is 48.5 Å². The van der Waals surface area contributed by atoms with Gasteiger partial charge in [-0.05, 0) is 40.5 Å². The zero-order chi connectivity index (χ0) is 20.6. The highest BCUT2D eigenvalue weighted by Gasteiger charge is 2.42. The van der Waals surface area contributed by atoms with Gasteiger partial charge in [0.1, 0.15) is 5.60 Å².